The fraction of sp³-hybridized carbons (Fsp3) is 0. The molecule has 0 spiro atoms. The molecule has 8 heteroatoms. The third kappa shape index (κ3) is 5.13. The summed E-state index contributed by atoms with van der Waals surface area (Å²) in [4.78, 5) is 37.1. The smallest absolute Gasteiger partial charge is 0.271 e. The van der Waals surface area contributed by atoms with Gasteiger partial charge in [-0.3, -0.25) is 25.2 Å². The first-order valence-corrected chi connectivity index (χ1v) is 9.22. The number of benzene rings is 3. The fourth-order valence-corrected chi connectivity index (χ4v) is 2.99. The van der Waals surface area contributed by atoms with Gasteiger partial charge < -0.3 is 5.32 Å². The minimum absolute atomic E-state index is 0.166. The Labute approximate surface area is 176 Å². The number of hydrogen-bond acceptors (Lipinski definition) is 3. The van der Waals surface area contributed by atoms with Crippen molar-refractivity contribution in [3.63, 3.8) is 0 Å². The molecule has 0 heterocycles. The molecule has 0 fully saturated rings. The van der Waals surface area contributed by atoms with Crippen LogP contribution in [-0.4, -0.2) is 17.7 Å². The zero-order valence-corrected chi connectivity index (χ0v) is 16.4. The molecule has 146 valence electrons. The van der Waals surface area contributed by atoms with Crippen LogP contribution in [0.15, 0.2) is 72.8 Å². The van der Waals surface area contributed by atoms with Crippen LogP contribution in [0.1, 0.15) is 31.1 Å². The van der Waals surface area contributed by atoms with Crippen molar-refractivity contribution in [3.8, 4) is 0 Å². The van der Waals surface area contributed by atoms with Crippen molar-refractivity contribution in [2.24, 2.45) is 0 Å². The lowest BCUT2D eigenvalue weighted by Gasteiger charge is -2.13. The predicted molar refractivity (Wildman–Crippen MR) is 112 cm³/mol. The molecular formula is C21H15Cl2N3O3. The lowest BCUT2D eigenvalue weighted by molar-refractivity contribution is 0.0847. The first-order valence-electron chi connectivity index (χ1n) is 8.47. The second-order valence-electron chi connectivity index (χ2n) is 5.90. The molecule has 0 saturated heterocycles. The minimum atomic E-state index is -0.590. The second kappa shape index (κ2) is 9.23. The van der Waals surface area contributed by atoms with Crippen LogP contribution in [0.5, 0.6) is 0 Å². The number of rotatable bonds is 4. The first-order chi connectivity index (χ1) is 14.0. The molecule has 0 aliphatic carbocycles. The van der Waals surface area contributed by atoms with Gasteiger partial charge in [-0.05, 0) is 42.5 Å². The summed E-state index contributed by atoms with van der Waals surface area (Å²) in [5, 5.41) is 3.24. The SMILES string of the molecule is O=C(NNC(=O)c1ccccc1NC(=O)c1ccc(Cl)cc1Cl)c1ccccc1. The number of hydrogen-bond donors (Lipinski definition) is 3. The van der Waals surface area contributed by atoms with Gasteiger partial charge in [0.05, 0.1) is 21.8 Å². The Bertz CT molecular complexity index is 1070. The maximum Gasteiger partial charge on any atom is 0.271 e. The molecule has 0 aromatic heterocycles. The van der Waals surface area contributed by atoms with E-state index < -0.39 is 17.7 Å². The molecular weight excluding hydrogens is 413 g/mol. The normalized spacial score (nSPS) is 10.1. The summed E-state index contributed by atoms with van der Waals surface area (Å²) in [6, 6.07) is 19.3. The quantitative estimate of drug-likeness (QED) is 0.541. The van der Waals surface area contributed by atoms with Crippen LogP contribution in [0, 0.1) is 0 Å². The molecule has 3 N–H and O–H groups in total. The van der Waals surface area contributed by atoms with E-state index in [0.717, 1.165) is 0 Å². The van der Waals surface area contributed by atoms with Gasteiger partial charge in [0, 0.05) is 10.6 Å². The number of anilines is 1. The summed E-state index contributed by atoms with van der Waals surface area (Å²) in [5.74, 6) is -1.55. The van der Waals surface area contributed by atoms with Crippen molar-refractivity contribution < 1.29 is 14.4 Å². The van der Waals surface area contributed by atoms with Crippen LogP contribution in [0.4, 0.5) is 5.69 Å². The summed E-state index contributed by atoms with van der Waals surface area (Å²) >= 11 is 11.9. The van der Waals surface area contributed by atoms with Crippen molar-refractivity contribution in [1.29, 1.82) is 0 Å². The van der Waals surface area contributed by atoms with Gasteiger partial charge in [0.2, 0.25) is 0 Å². The highest BCUT2D eigenvalue weighted by molar-refractivity contribution is 6.37. The molecule has 0 bridgehead atoms. The van der Waals surface area contributed by atoms with Crippen molar-refractivity contribution >= 4 is 46.6 Å². The molecule has 29 heavy (non-hydrogen) atoms. The highest BCUT2D eigenvalue weighted by Crippen LogP contribution is 2.23. The van der Waals surface area contributed by atoms with Gasteiger partial charge in [0.25, 0.3) is 17.7 Å². The van der Waals surface area contributed by atoms with Crippen molar-refractivity contribution in [3.05, 3.63) is 99.5 Å². The molecule has 3 rings (SSSR count). The van der Waals surface area contributed by atoms with Crippen LogP contribution in [0.3, 0.4) is 0 Å². The van der Waals surface area contributed by atoms with E-state index in [2.05, 4.69) is 16.2 Å². The van der Waals surface area contributed by atoms with E-state index in [9.17, 15) is 14.4 Å². The van der Waals surface area contributed by atoms with Crippen molar-refractivity contribution in [1.82, 2.24) is 10.9 Å². The van der Waals surface area contributed by atoms with Gasteiger partial charge in [0.1, 0.15) is 0 Å². The van der Waals surface area contributed by atoms with E-state index in [1.54, 1.807) is 54.6 Å². The van der Waals surface area contributed by atoms with E-state index in [-0.39, 0.29) is 21.8 Å². The standard InChI is InChI=1S/C21H15Cl2N3O3/c22-14-10-11-15(17(23)12-14)20(28)24-18-9-5-4-8-16(18)21(29)26-25-19(27)13-6-2-1-3-7-13/h1-12H,(H,24,28)(H,25,27)(H,26,29). The number of carbonyl (C=O) groups is 3. The van der Waals surface area contributed by atoms with Crippen molar-refractivity contribution in [2.75, 3.05) is 5.32 Å². The lowest BCUT2D eigenvalue weighted by atomic mass is 10.1. The topological polar surface area (TPSA) is 87.3 Å². The van der Waals surface area contributed by atoms with Crippen molar-refractivity contribution in [2.45, 2.75) is 0 Å². The molecule has 3 aromatic carbocycles. The Kier molecular flexibility index (Phi) is 6.49. The van der Waals surface area contributed by atoms with Gasteiger partial charge in [-0.2, -0.15) is 0 Å². The highest BCUT2D eigenvalue weighted by Gasteiger charge is 2.16. The summed E-state index contributed by atoms with van der Waals surface area (Å²) in [6.07, 6.45) is 0. The van der Waals surface area contributed by atoms with E-state index >= 15 is 0 Å². The number of amides is 3. The summed E-state index contributed by atoms with van der Waals surface area (Å²) in [5.41, 5.74) is 5.71. The maximum absolute atomic E-state index is 12.5. The van der Waals surface area contributed by atoms with Gasteiger partial charge >= 0.3 is 0 Å². The average molecular weight is 428 g/mol. The van der Waals surface area contributed by atoms with Gasteiger partial charge in [-0.25, -0.2) is 0 Å². The number of nitrogens with one attached hydrogen (secondary N) is 3. The van der Waals surface area contributed by atoms with Gasteiger partial charge in [-0.1, -0.05) is 53.5 Å². The molecule has 3 amide bonds. The van der Waals surface area contributed by atoms with Crippen LogP contribution < -0.4 is 16.2 Å². The van der Waals surface area contributed by atoms with Crippen LogP contribution in [-0.2, 0) is 0 Å². The first kappa shape index (κ1) is 20.4. The predicted octanol–water partition coefficient (Wildman–Crippen LogP) is 4.32. The van der Waals surface area contributed by atoms with E-state index in [4.69, 9.17) is 23.2 Å². The number of carbonyl (C=O) groups excluding carboxylic acids is 3. The Hall–Kier alpha value is -3.35. The molecule has 0 atom stereocenters. The monoisotopic (exact) mass is 427 g/mol. The van der Waals surface area contributed by atoms with Crippen LogP contribution in [0.25, 0.3) is 0 Å². The van der Waals surface area contributed by atoms with Crippen LogP contribution in [0.2, 0.25) is 10.0 Å². The summed E-state index contributed by atoms with van der Waals surface area (Å²) in [6.45, 7) is 0. The van der Waals surface area contributed by atoms with E-state index in [0.29, 0.717) is 10.6 Å². The van der Waals surface area contributed by atoms with Gasteiger partial charge in [-0.15, -0.1) is 0 Å². The Morgan fingerprint density at radius 2 is 1.31 bits per heavy atom. The lowest BCUT2D eigenvalue weighted by Crippen LogP contribution is -2.41. The number of para-hydroxylation sites is 1. The molecule has 3 aromatic rings. The average Bonchev–Trinajstić information content (AvgIpc) is 2.72. The molecule has 0 saturated carbocycles. The highest BCUT2D eigenvalue weighted by atomic mass is 35.5. The third-order valence-electron chi connectivity index (χ3n) is 3.92. The van der Waals surface area contributed by atoms with E-state index in [1.165, 1.54) is 18.2 Å². The van der Waals surface area contributed by atoms with Gasteiger partial charge in [0.15, 0.2) is 0 Å². The summed E-state index contributed by atoms with van der Waals surface area (Å²) in [7, 11) is 0. The Balaban J connectivity index is 1.72. The third-order valence-corrected chi connectivity index (χ3v) is 4.47. The molecule has 0 aliphatic heterocycles. The Morgan fingerprint density at radius 1 is 0.655 bits per heavy atom. The zero-order valence-electron chi connectivity index (χ0n) is 14.9. The molecule has 0 aliphatic rings. The largest absolute Gasteiger partial charge is 0.321 e. The van der Waals surface area contributed by atoms with E-state index in [1.807, 2.05) is 0 Å². The molecule has 0 unspecified atom stereocenters. The number of hydrazine groups is 1. The van der Waals surface area contributed by atoms with Crippen LogP contribution >= 0.6 is 23.2 Å². The maximum atomic E-state index is 12.5. The Morgan fingerprint density at radius 3 is 2.03 bits per heavy atom. The minimum Gasteiger partial charge on any atom is -0.321 e. The fourth-order valence-electron chi connectivity index (χ4n) is 2.50. The zero-order chi connectivity index (χ0) is 20.8. The molecule has 6 nitrogen and oxygen atoms in total. The second-order valence-corrected chi connectivity index (χ2v) is 6.74. The summed E-state index contributed by atoms with van der Waals surface area (Å²) < 4.78 is 0. The number of halogens is 2. The molecule has 0 radical (unpaired) electrons.